The molecule has 2 aromatic carbocycles. The van der Waals surface area contributed by atoms with Crippen molar-refractivity contribution in [3.05, 3.63) is 86.9 Å². The summed E-state index contributed by atoms with van der Waals surface area (Å²) in [7, 11) is -4.42. The molecule has 6 atom stereocenters. The van der Waals surface area contributed by atoms with E-state index in [1.165, 1.54) is 37.4 Å². The van der Waals surface area contributed by atoms with E-state index < -0.39 is 55.0 Å². The zero-order chi connectivity index (χ0) is 29.7. The lowest BCUT2D eigenvalue weighted by Crippen LogP contribution is -2.36. The highest BCUT2D eigenvalue weighted by atomic mass is 35.5. The molecule has 4 N–H and O–H groups in total. The normalized spacial score (nSPS) is 22.6. The molecule has 0 saturated carbocycles. The van der Waals surface area contributed by atoms with Crippen molar-refractivity contribution in [2.24, 2.45) is 0 Å². The number of anilines is 1. The molecule has 1 fully saturated rings. The minimum absolute atomic E-state index is 0.0109. The number of halogens is 3. The SMILES string of the molecule is C[C@H](NP(=O)(OC[C@H]1S[C@@H](n2ccc(N)nc2=O)[C@@H](F)[C@@H]1O)Oc1ccc(Cl)cc1Cl)C(=O)OCc1ccccc1. The standard InChI is InChI=1S/C25H26Cl2FN4O7PS/c1-14(24(34)37-12-15-5-3-2-4-6-15)31-40(36,39-18-8-7-16(26)11-17(18)27)38-13-19-22(33)21(28)23(41-19)32-10-9-20(29)30-25(32)35/h2-11,14,19,21-23,33H,12-13H2,1H3,(H,31,36)(H2,29,30,35)/t14-,19+,21-,22+,23+,40?/m0/s1. The van der Waals surface area contributed by atoms with Crippen molar-refractivity contribution in [3.8, 4) is 5.75 Å². The minimum atomic E-state index is -4.42. The maximum absolute atomic E-state index is 15.0. The topological polar surface area (TPSA) is 155 Å². The van der Waals surface area contributed by atoms with Gasteiger partial charge in [0.05, 0.1) is 16.9 Å². The van der Waals surface area contributed by atoms with Crippen LogP contribution in [0.15, 0.2) is 65.6 Å². The Morgan fingerprint density at radius 3 is 2.68 bits per heavy atom. The number of benzene rings is 2. The molecule has 220 valence electrons. The predicted octanol–water partition coefficient (Wildman–Crippen LogP) is 4.37. The van der Waals surface area contributed by atoms with Crippen molar-refractivity contribution in [1.82, 2.24) is 14.6 Å². The van der Waals surface area contributed by atoms with E-state index in [4.69, 9.17) is 42.7 Å². The summed E-state index contributed by atoms with van der Waals surface area (Å²) >= 11 is 13.0. The number of thioether (sulfide) groups is 1. The van der Waals surface area contributed by atoms with E-state index in [1.807, 2.05) is 6.07 Å². The lowest BCUT2D eigenvalue weighted by Gasteiger charge is -2.25. The molecule has 11 nitrogen and oxygen atoms in total. The van der Waals surface area contributed by atoms with Gasteiger partial charge < -0.3 is 20.1 Å². The van der Waals surface area contributed by atoms with Gasteiger partial charge in [0, 0.05) is 11.2 Å². The van der Waals surface area contributed by atoms with Gasteiger partial charge in [-0.2, -0.15) is 10.1 Å². The lowest BCUT2D eigenvalue weighted by molar-refractivity contribution is -0.146. The second-order valence-corrected chi connectivity index (χ2v) is 12.8. The van der Waals surface area contributed by atoms with Crippen LogP contribution in [0.1, 0.15) is 17.9 Å². The van der Waals surface area contributed by atoms with Crippen LogP contribution in [0, 0.1) is 0 Å². The maximum atomic E-state index is 15.0. The van der Waals surface area contributed by atoms with Crippen molar-refractivity contribution >= 4 is 54.5 Å². The molecule has 41 heavy (non-hydrogen) atoms. The summed E-state index contributed by atoms with van der Waals surface area (Å²) in [5.74, 6) is -0.860. The Labute approximate surface area is 248 Å². The third kappa shape index (κ3) is 8.01. The smallest absolute Gasteiger partial charge is 0.459 e. The largest absolute Gasteiger partial charge is 0.460 e. The van der Waals surface area contributed by atoms with Gasteiger partial charge in [0.25, 0.3) is 0 Å². The third-order valence-corrected chi connectivity index (χ3v) is 9.56. The highest BCUT2D eigenvalue weighted by Gasteiger charge is 2.46. The van der Waals surface area contributed by atoms with Gasteiger partial charge in [-0.3, -0.25) is 13.9 Å². The van der Waals surface area contributed by atoms with Gasteiger partial charge in [0.2, 0.25) is 0 Å². The quantitative estimate of drug-likeness (QED) is 0.201. The molecule has 0 radical (unpaired) electrons. The molecule has 0 amide bonds. The Bertz CT molecular complexity index is 1490. The molecule has 3 aromatic rings. The van der Waals surface area contributed by atoms with Crippen LogP contribution in [0.3, 0.4) is 0 Å². The van der Waals surface area contributed by atoms with Gasteiger partial charge in [0.15, 0.2) is 6.17 Å². The summed E-state index contributed by atoms with van der Waals surface area (Å²) in [6.07, 6.45) is -2.22. The van der Waals surface area contributed by atoms with Gasteiger partial charge in [-0.15, -0.1) is 11.8 Å². The van der Waals surface area contributed by atoms with Crippen LogP contribution in [0.25, 0.3) is 0 Å². The van der Waals surface area contributed by atoms with E-state index in [2.05, 4.69) is 10.1 Å². The van der Waals surface area contributed by atoms with Gasteiger partial charge in [0.1, 0.15) is 35.7 Å². The summed E-state index contributed by atoms with van der Waals surface area (Å²) in [6, 6.07) is 13.2. The number of nitrogen functional groups attached to an aromatic ring is 1. The van der Waals surface area contributed by atoms with E-state index in [0.29, 0.717) is 5.02 Å². The number of aromatic nitrogens is 2. The van der Waals surface area contributed by atoms with E-state index in [1.54, 1.807) is 24.3 Å². The number of nitrogens with one attached hydrogen (secondary N) is 1. The van der Waals surface area contributed by atoms with Crippen LogP contribution in [0.4, 0.5) is 10.2 Å². The molecule has 4 rings (SSSR count). The van der Waals surface area contributed by atoms with Crippen LogP contribution in [0.2, 0.25) is 10.0 Å². The van der Waals surface area contributed by atoms with Gasteiger partial charge >= 0.3 is 19.4 Å². The lowest BCUT2D eigenvalue weighted by atomic mass is 10.1. The zero-order valence-electron chi connectivity index (χ0n) is 21.4. The molecule has 0 spiro atoms. The van der Waals surface area contributed by atoms with Gasteiger partial charge in [-0.1, -0.05) is 53.5 Å². The fourth-order valence-corrected chi connectivity index (χ4v) is 7.32. The Kier molecular flexibility index (Phi) is 10.3. The van der Waals surface area contributed by atoms with Crippen LogP contribution in [0.5, 0.6) is 5.75 Å². The van der Waals surface area contributed by atoms with E-state index in [-0.39, 0.29) is 23.2 Å². The Hall–Kier alpha value is -2.64. The molecule has 1 unspecified atom stereocenters. The van der Waals surface area contributed by atoms with Crippen LogP contribution in [-0.2, 0) is 25.2 Å². The number of nitrogens with two attached hydrogens (primary N) is 1. The number of carbonyl (C=O) groups excluding carboxylic acids is 1. The number of hydrogen-bond donors (Lipinski definition) is 3. The summed E-state index contributed by atoms with van der Waals surface area (Å²) < 4.78 is 46.4. The Balaban J connectivity index is 1.49. The summed E-state index contributed by atoms with van der Waals surface area (Å²) in [6.45, 7) is 0.870. The number of esters is 1. The monoisotopic (exact) mass is 646 g/mol. The predicted molar refractivity (Wildman–Crippen MR) is 154 cm³/mol. The molecule has 16 heteroatoms. The number of ether oxygens (including phenoxy) is 1. The fourth-order valence-electron chi connectivity index (χ4n) is 3.77. The van der Waals surface area contributed by atoms with Crippen molar-refractivity contribution in [2.75, 3.05) is 12.3 Å². The van der Waals surface area contributed by atoms with Crippen LogP contribution < -0.4 is 21.0 Å². The average Bonchev–Trinajstić information content (AvgIpc) is 3.21. The minimum Gasteiger partial charge on any atom is -0.460 e. The second kappa shape index (κ2) is 13.6. The molecule has 2 heterocycles. The van der Waals surface area contributed by atoms with Crippen molar-refractivity contribution in [2.45, 2.75) is 42.5 Å². The molecular weight excluding hydrogens is 621 g/mol. The van der Waals surface area contributed by atoms with Crippen molar-refractivity contribution < 1.29 is 32.6 Å². The first-order valence-electron chi connectivity index (χ1n) is 12.2. The van der Waals surface area contributed by atoms with E-state index >= 15 is 4.39 Å². The first kappa shape index (κ1) is 31.3. The molecule has 1 saturated heterocycles. The van der Waals surface area contributed by atoms with Crippen LogP contribution in [-0.4, -0.2) is 50.8 Å². The van der Waals surface area contributed by atoms with Crippen molar-refractivity contribution in [3.63, 3.8) is 0 Å². The average molecular weight is 647 g/mol. The Morgan fingerprint density at radius 2 is 2.00 bits per heavy atom. The van der Waals surface area contributed by atoms with Gasteiger partial charge in [-0.25, -0.2) is 13.8 Å². The molecular formula is C25H26Cl2FN4O7PS. The summed E-state index contributed by atoms with van der Waals surface area (Å²) in [5, 5.41) is 11.2. The molecule has 1 aliphatic rings. The highest BCUT2D eigenvalue weighted by Crippen LogP contribution is 2.50. The van der Waals surface area contributed by atoms with E-state index in [9.17, 15) is 19.3 Å². The highest BCUT2D eigenvalue weighted by molar-refractivity contribution is 8.00. The van der Waals surface area contributed by atoms with Crippen molar-refractivity contribution in [1.29, 1.82) is 0 Å². The zero-order valence-corrected chi connectivity index (χ0v) is 24.7. The summed E-state index contributed by atoms with van der Waals surface area (Å²) in [5.41, 5.74) is 5.46. The molecule has 0 bridgehead atoms. The van der Waals surface area contributed by atoms with E-state index in [0.717, 1.165) is 21.9 Å². The first-order chi connectivity index (χ1) is 19.5. The number of nitrogens with zero attached hydrogens (tertiary/aromatic N) is 2. The number of aliphatic hydroxyl groups excluding tert-OH is 1. The van der Waals surface area contributed by atoms with Gasteiger partial charge in [-0.05, 0) is 36.8 Å². The van der Waals surface area contributed by atoms with Crippen LogP contribution >= 0.6 is 42.7 Å². The number of alkyl halides is 1. The number of carbonyl (C=O) groups is 1. The first-order valence-corrected chi connectivity index (χ1v) is 15.4. The number of rotatable bonds is 11. The molecule has 1 aliphatic heterocycles. The fraction of sp³-hybridized carbons (Fsp3) is 0.320. The Morgan fingerprint density at radius 1 is 1.27 bits per heavy atom. The third-order valence-electron chi connectivity index (χ3n) is 5.87. The molecule has 1 aromatic heterocycles. The number of hydrogen-bond acceptors (Lipinski definition) is 10. The maximum Gasteiger partial charge on any atom is 0.459 e. The summed E-state index contributed by atoms with van der Waals surface area (Å²) in [4.78, 5) is 28.5. The second-order valence-electron chi connectivity index (χ2n) is 8.95. The number of aliphatic hydroxyl groups is 1. The molecule has 0 aliphatic carbocycles.